The predicted octanol–water partition coefficient (Wildman–Crippen LogP) is 2.97. The molecule has 0 aliphatic heterocycles. The lowest BCUT2D eigenvalue weighted by atomic mass is 9.97. The molecule has 2 nitrogen and oxygen atoms in total. The second-order valence-corrected chi connectivity index (χ2v) is 7.93. The summed E-state index contributed by atoms with van der Waals surface area (Å²) in [6.07, 6.45) is 8.58. The van der Waals surface area contributed by atoms with E-state index in [2.05, 4.69) is 0 Å². The Morgan fingerprint density at radius 3 is 1.19 bits per heavy atom. The highest BCUT2D eigenvalue weighted by Gasteiger charge is 2.24. The molecule has 2 aliphatic rings. The first-order valence-corrected chi connectivity index (χ1v) is 8.70. The van der Waals surface area contributed by atoms with E-state index >= 15 is 0 Å². The van der Waals surface area contributed by atoms with Crippen LogP contribution in [0.15, 0.2) is 0 Å². The molecule has 0 amide bonds. The maximum Gasteiger partial charge on any atom is 0.0541 e. The first-order chi connectivity index (χ1) is 7.74. The molecule has 2 saturated carbocycles. The molecule has 0 spiro atoms. The first-order valence-electron chi connectivity index (χ1n) is 6.42. The molecule has 0 unspecified atom stereocenters. The average Bonchev–Trinajstić information content (AvgIpc) is 2.30. The van der Waals surface area contributed by atoms with Crippen LogP contribution < -0.4 is 0 Å². The monoisotopic (exact) mass is 262 g/mol. The molecular weight excluding hydrogens is 240 g/mol. The van der Waals surface area contributed by atoms with E-state index in [0.717, 1.165) is 36.2 Å². The van der Waals surface area contributed by atoms with Gasteiger partial charge in [-0.25, -0.2) is 0 Å². The zero-order valence-electron chi connectivity index (χ0n) is 9.68. The van der Waals surface area contributed by atoms with Crippen molar-refractivity contribution < 1.29 is 10.2 Å². The molecule has 94 valence electrons. The van der Waals surface area contributed by atoms with E-state index in [1.54, 1.807) is 0 Å². The number of aliphatic hydroxyl groups is 2. The molecule has 2 fully saturated rings. The van der Waals surface area contributed by atoms with Crippen molar-refractivity contribution in [2.24, 2.45) is 0 Å². The summed E-state index contributed by atoms with van der Waals surface area (Å²) in [5, 5.41) is 20.4. The Balaban J connectivity index is 1.60. The fourth-order valence-corrected chi connectivity index (χ4v) is 5.78. The van der Waals surface area contributed by atoms with Crippen molar-refractivity contribution in [1.82, 2.24) is 0 Å². The van der Waals surface area contributed by atoms with Crippen molar-refractivity contribution in [2.45, 2.75) is 74.1 Å². The van der Waals surface area contributed by atoms with Gasteiger partial charge in [-0.2, -0.15) is 0 Å². The van der Waals surface area contributed by atoms with Gasteiger partial charge in [-0.15, -0.1) is 0 Å². The number of rotatable bonds is 3. The number of aliphatic hydroxyl groups excluding tert-OH is 2. The zero-order valence-corrected chi connectivity index (χ0v) is 11.3. The second-order valence-electron chi connectivity index (χ2n) is 5.05. The Morgan fingerprint density at radius 2 is 0.875 bits per heavy atom. The van der Waals surface area contributed by atoms with Gasteiger partial charge in [-0.1, -0.05) is 21.6 Å². The summed E-state index contributed by atoms with van der Waals surface area (Å²) < 4.78 is 0. The van der Waals surface area contributed by atoms with Crippen molar-refractivity contribution in [3.05, 3.63) is 0 Å². The third kappa shape index (κ3) is 4.13. The Labute approximate surface area is 106 Å². The minimum atomic E-state index is -0.0355. The van der Waals surface area contributed by atoms with Crippen LogP contribution in [0.25, 0.3) is 0 Å². The Kier molecular flexibility index (Phi) is 5.33. The van der Waals surface area contributed by atoms with Crippen molar-refractivity contribution >= 4 is 21.6 Å². The third-order valence-electron chi connectivity index (χ3n) is 3.62. The maximum atomic E-state index is 9.43. The fourth-order valence-electron chi connectivity index (χ4n) is 2.44. The van der Waals surface area contributed by atoms with Crippen LogP contribution in [-0.2, 0) is 0 Å². The summed E-state index contributed by atoms with van der Waals surface area (Å²) >= 11 is 0. The van der Waals surface area contributed by atoms with Crippen LogP contribution in [0.2, 0.25) is 0 Å². The highest BCUT2D eigenvalue weighted by molar-refractivity contribution is 8.77. The molecule has 0 heterocycles. The summed E-state index contributed by atoms with van der Waals surface area (Å²) in [4.78, 5) is 0. The van der Waals surface area contributed by atoms with Crippen LogP contribution in [0.3, 0.4) is 0 Å². The van der Waals surface area contributed by atoms with Crippen LogP contribution in [0, 0.1) is 0 Å². The largest absolute Gasteiger partial charge is 0.393 e. The molecule has 2 aliphatic carbocycles. The quantitative estimate of drug-likeness (QED) is 0.767. The Hall–Kier alpha value is 0.620. The van der Waals surface area contributed by atoms with Crippen molar-refractivity contribution in [2.75, 3.05) is 0 Å². The van der Waals surface area contributed by atoms with Gasteiger partial charge in [-0.3, -0.25) is 0 Å². The van der Waals surface area contributed by atoms with Gasteiger partial charge in [0.05, 0.1) is 12.2 Å². The lowest BCUT2D eigenvalue weighted by Crippen LogP contribution is -2.21. The van der Waals surface area contributed by atoms with Crippen molar-refractivity contribution in [3.8, 4) is 0 Å². The molecule has 4 heteroatoms. The molecule has 0 atom stereocenters. The molecule has 0 saturated heterocycles. The molecule has 16 heavy (non-hydrogen) atoms. The van der Waals surface area contributed by atoms with Gasteiger partial charge in [0.15, 0.2) is 0 Å². The molecular formula is C12H22O2S2. The maximum absolute atomic E-state index is 9.43. The SMILES string of the molecule is O[C@H]1CC[C@H](SS[C@H]2CC[C@H](O)CC2)CC1. The summed E-state index contributed by atoms with van der Waals surface area (Å²) in [6.45, 7) is 0. The van der Waals surface area contributed by atoms with E-state index in [0.29, 0.717) is 0 Å². The highest BCUT2D eigenvalue weighted by atomic mass is 33.1. The minimum absolute atomic E-state index is 0.0355. The average molecular weight is 262 g/mol. The fraction of sp³-hybridized carbons (Fsp3) is 1.00. The first kappa shape index (κ1) is 13.1. The van der Waals surface area contributed by atoms with E-state index < -0.39 is 0 Å². The zero-order chi connectivity index (χ0) is 11.4. The van der Waals surface area contributed by atoms with Crippen LogP contribution in [0.5, 0.6) is 0 Å². The molecule has 2 N–H and O–H groups in total. The van der Waals surface area contributed by atoms with E-state index in [1.807, 2.05) is 21.6 Å². The van der Waals surface area contributed by atoms with Gasteiger partial charge in [0.25, 0.3) is 0 Å². The summed E-state index contributed by atoms with van der Waals surface area (Å²) in [5.41, 5.74) is 0. The van der Waals surface area contributed by atoms with E-state index in [-0.39, 0.29) is 12.2 Å². The van der Waals surface area contributed by atoms with Crippen molar-refractivity contribution in [3.63, 3.8) is 0 Å². The van der Waals surface area contributed by atoms with Gasteiger partial charge in [0.2, 0.25) is 0 Å². The van der Waals surface area contributed by atoms with Crippen LogP contribution in [-0.4, -0.2) is 32.9 Å². The number of hydrogen-bond donors (Lipinski definition) is 2. The molecule has 0 aromatic heterocycles. The van der Waals surface area contributed by atoms with Gasteiger partial charge < -0.3 is 10.2 Å². The number of hydrogen-bond acceptors (Lipinski definition) is 4. The van der Waals surface area contributed by atoms with Gasteiger partial charge >= 0.3 is 0 Å². The third-order valence-corrected chi connectivity index (χ3v) is 7.18. The second kappa shape index (κ2) is 6.53. The van der Waals surface area contributed by atoms with Gasteiger partial charge in [0.1, 0.15) is 0 Å². The standard InChI is InChI=1S/C12H22O2S2/c13-9-1-5-11(6-2-9)15-16-12-7-3-10(14)4-8-12/h9-14H,1-8H2/t9-,10-,11-,12-. The lowest BCUT2D eigenvalue weighted by Gasteiger charge is -2.28. The van der Waals surface area contributed by atoms with Crippen LogP contribution in [0.1, 0.15) is 51.4 Å². The van der Waals surface area contributed by atoms with Crippen molar-refractivity contribution in [1.29, 1.82) is 0 Å². The highest BCUT2D eigenvalue weighted by Crippen LogP contribution is 2.42. The minimum Gasteiger partial charge on any atom is -0.393 e. The summed E-state index contributed by atoms with van der Waals surface area (Å²) in [5.74, 6) is 0. The molecule has 0 aromatic rings. The van der Waals surface area contributed by atoms with E-state index in [9.17, 15) is 10.2 Å². The van der Waals surface area contributed by atoms with Gasteiger partial charge in [0, 0.05) is 10.5 Å². The smallest absolute Gasteiger partial charge is 0.0541 e. The Morgan fingerprint density at radius 1 is 0.562 bits per heavy atom. The molecule has 0 aromatic carbocycles. The van der Waals surface area contributed by atoms with Crippen LogP contribution in [0.4, 0.5) is 0 Å². The van der Waals surface area contributed by atoms with E-state index in [1.165, 1.54) is 25.7 Å². The van der Waals surface area contributed by atoms with E-state index in [4.69, 9.17) is 0 Å². The predicted molar refractivity (Wildman–Crippen MR) is 71.7 cm³/mol. The lowest BCUT2D eigenvalue weighted by molar-refractivity contribution is 0.131. The Bertz CT molecular complexity index is 175. The van der Waals surface area contributed by atoms with Crippen LogP contribution >= 0.6 is 21.6 Å². The molecule has 0 bridgehead atoms. The molecule has 0 radical (unpaired) electrons. The topological polar surface area (TPSA) is 40.5 Å². The normalized spacial score (nSPS) is 40.9. The summed E-state index contributed by atoms with van der Waals surface area (Å²) in [6, 6.07) is 0. The van der Waals surface area contributed by atoms with Gasteiger partial charge in [-0.05, 0) is 51.4 Å². The molecule has 2 rings (SSSR count). The summed E-state index contributed by atoms with van der Waals surface area (Å²) in [7, 11) is 4.06.